The lowest BCUT2D eigenvalue weighted by molar-refractivity contribution is 0.439. The monoisotopic (exact) mass is 760 g/mol. The largest absolute Gasteiger partial charge is 0.507 e. The van der Waals surface area contributed by atoms with Crippen molar-refractivity contribution in [3.8, 4) is 61.8 Å². The second-order valence-corrected chi connectivity index (χ2v) is 18.7. The van der Waals surface area contributed by atoms with Crippen molar-refractivity contribution in [2.75, 3.05) is 0 Å². The van der Waals surface area contributed by atoms with Gasteiger partial charge in [-0.25, -0.2) is 0 Å². The Bertz CT molecular complexity index is 2600. The molecule has 3 heteroatoms. The minimum atomic E-state index is -0.315. The lowest BCUT2D eigenvalue weighted by Crippen LogP contribution is -2.13. The lowest BCUT2D eigenvalue weighted by Gasteiger charge is -2.25. The number of phenolic OH excluding ortho intramolecular Hbond substituents is 3. The fraction of sp³-hybridized carbons (Fsp3) is 0.236. The normalized spacial score (nSPS) is 12.9. The summed E-state index contributed by atoms with van der Waals surface area (Å²) in [6.45, 7) is 14.9. The Morgan fingerprint density at radius 2 is 0.776 bits per heavy atom. The van der Waals surface area contributed by atoms with Crippen LogP contribution in [0.2, 0.25) is 0 Å². The summed E-state index contributed by atoms with van der Waals surface area (Å²) < 4.78 is 0. The third-order valence-corrected chi connectivity index (χ3v) is 12.5. The zero-order chi connectivity index (χ0) is 40.7. The number of benzene rings is 7. The van der Waals surface area contributed by atoms with Gasteiger partial charge in [0.25, 0.3) is 0 Å². The molecule has 0 spiro atoms. The molecule has 0 aromatic heterocycles. The highest BCUT2D eigenvalue weighted by Gasteiger charge is 2.28. The molecule has 0 atom stereocenters. The highest BCUT2D eigenvalue weighted by Crippen LogP contribution is 2.47. The van der Waals surface area contributed by atoms with Crippen molar-refractivity contribution in [3.05, 3.63) is 183 Å². The molecule has 0 saturated carbocycles. The molecule has 9 rings (SSSR count). The summed E-state index contributed by atoms with van der Waals surface area (Å²) in [5.41, 5.74) is 20.1. The van der Waals surface area contributed by atoms with E-state index in [0.717, 1.165) is 62.9 Å². The number of hydrogen-bond acceptors (Lipinski definition) is 3. The van der Waals surface area contributed by atoms with Gasteiger partial charge in [0.15, 0.2) is 0 Å². The SMILES string of the molecule is Cc1cc(Cc2cc(-c3cccc4c3Cc3ccccc3-4)cc(C(C)(C)C)c2O)c(O)c(Cc2cc(-c3cccc4c3Cc3ccccc3-4)cc(C(C)(C)C)c2O)c1. The van der Waals surface area contributed by atoms with Crippen LogP contribution in [0.4, 0.5) is 0 Å². The van der Waals surface area contributed by atoms with Gasteiger partial charge in [-0.05, 0) is 144 Å². The molecule has 0 saturated heterocycles. The third kappa shape index (κ3) is 6.47. The highest BCUT2D eigenvalue weighted by molar-refractivity contribution is 5.87. The first-order valence-electron chi connectivity index (χ1n) is 20.6. The van der Waals surface area contributed by atoms with Crippen LogP contribution in [0.25, 0.3) is 44.5 Å². The van der Waals surface area contributed by atoms with E-state index < -0.39 is 0 Å². The van der Waals surface area contributed by atoms with E-state index in [1.165, 1.54) is 55.6 Å². The highest BCUT2D eigenvalue weighted by atomic mass is 16.3. The average Bonchev–Trinajstić information content (AvgIpc) is 3.76. The van der Waals surface area contributed by atoms with Gasteiger partial charge in [0.1, 0.15) is 17.2 Å². The Morgan fingerprint density at radius 3 is 1.19 bits per heavy atom. The maximum Gasteiger partial charge on any atom is 0.122 e. The standard InChI is InChI=1S/C55H52O3/c1-32-22-37(26-39-24-35(30-49(52(39)57)54(2,3)4)43-18-12-20-45-41-16-10-8-14-33(41)28-47(43)45)51(56)38(23-32)27-40-25-36(31-50(53(40)58)55(5,6)7)44-19-13-21-46-42-17-11-9-15-34(42)29-48(44)46/h8-25,30-31,56-58H,26-29H2,1-7H3. The van der Waals surface area contributed by atoms with Crippen molar-refractivity contribution >= 4 is 0 Å². The van der Waals surface area contributed by atoms with E-state index in [9.17, 15) is 15.3 Å². The maximum absolute atomic E-state index is 12.1. The maximum atomic E-state index is 12.1. The number of rotatable bonds is 6. The van der Waals surface area contributed by atoms with Gasteiger partial charge in [0.05, 0.1) is 0 Å². The zero-order valence-electron chi connectivity index (χ0n) is 34.7. The molecule has 2 aliphatic rings. The summed E-state index contributed by atoms with van der Waals surface area (Å²) in [6, 6.07) is 43.0. The third-order valence-electron chi connectivity index (χ3n) is 12.5. The van der Waals surface area contributed by atoms with Gasteiger partial charge in [-0.3, -0.25) is 0 Å². The smallest absolute Gasteiger partial charge is 0.122 e. The fourth-order valence-electron chi connectivity index (χ4n) is 9.58. The first-order chi connectivity index (χ1) is 27.7. The van der Waals surface area contributed by atoms with Gasteiger partial charge in [-0.1, -0.05) is 144 Å². The summed E-state index contributed by atoms with van der Waals surface area (Å²) in [4.78, 5) is 0. The molecule has 0 radical (unpaired) electrons. The summed E-state index contributed by atoms with van der Waals surface area (Å²) >= 11 is 0. The van der Waals surface area contributed by atoms with Crippen LogP contribution in [0.15, 0.2) is 121 Å². The van der Waals surface area contributed by atoms with Crippen LogP contribution < -0.4 is 0 Å². The van der Waals surface area contributed by atoms with Crippen LogP contribution >= 0.6 is 0 Å². The first kappa shape index (κ1) is 37.5. The van der Waals surface area contributed by atoms with Crippen molar-refractivity contribution in [3.63, 3.8) is 0 Å². The van der Waals surface area contributed by atoms with Gasteiger partial charge < -0.3 is 15.3 Å². The Kier molecular flexibility index (Phi) is 8.93. The van der Waals surface area contributed by atoms with Crippen molar-refractivity contribution in [1.29, 1.82) is 0 Å². The minimum Gasteiger partial charge on any atom is -0.507 e. The van der Waals surface area contributed by atoms with E-state index in [1.807, 2.05) is 12.1 Å². The summed E-state index contributed by atoms with van der Waals surface area (Å²) in [5, 5.41) is 36.0. The average molecular weight is 761 g/mol. The van der Waals surface area contributed by atoms with Crippen LogP contribution in [0.5, 0.6) is 17.2 Å². The van der Waals surface area contributed by atoms with Crippen molar-refractivity contribution in [2.45, 2.75) is 85.0 Å². The number of hydrogen-bond donors (Lipinski definition) is 3. The minimum absolute atomic E-state index is 0.196. The van der Waals surface area contributed by atoms with Crippen LogP contribution in [0.1, 0.15) is 103 Å². The molecule has 0 fully saturated rings. The lowest BCUT2D eigenvalue weighted by atomic mass is 9.81. The molecule has 7 aromatic rings. The van der Waals surface area contributed by atoms with Gasteiger partial charge >= 0.3 is 0 Å². The van der Waals surface area contributed by atoms with Crippen LogP contribution in [0, 0.1) is 6.92 Å². The van der Waals surface area contributed by atoms with Gasteiger partial charge in [0, 0.05) is 24.0 Å². The van der Waals surface area contributed by atoms with Crippen molar-refractivity contribution in [2.24, 2.45) is 0 Å². The summed E-state index contributed by atoms with van der Waals surface area (Å²) in [5.74, 6) is 0.737. The van der Waals surface area contributed by atoms with E-state index in [0.29, 0.717) is 12.8 Å². The molecular weight excluding hydrogens is 709 g/mol. The second kappa shape index (κ2) is 13.8. The molecule has 0 amide bonds. The molecule has 0 unspecified atom stereocenters. The number of aryl methyl sites for hydroxylation is 1. The van der Waals surface area contributed by atoms with E-state index in [1.54, 1.807) is 0 Å². The molecule has 7 aromatic carbocycles. The molecule has 58 heavy (non-hydrogen) atoms. The Hall–Kier alpha value is -6.06. The predicted octanol–water partition coefficient (Wildman–Crippen LogP) is 13.4. The van der Waals surface area contributed by atoms with E-state index in [2.05, 4.69) is 158 Å². The molecule has 3 N–H and O–H groups in total. The van der Waals surface area contributed by atoms with Gasteiger partial charge in [-0.15, -0.1) is 0 Å². The number of phenols is 3. The van der Waals surface area contributed by atoms with Crippen LogP contribution in [0.3, 0.4) is 0 Å². The number of fused-ring (bicyclic) bond motifs is 6. The molecule has 0 heterocycles. The summed E-state index contributed by atoms with van der Waals surface area (Å²) in [6.07, 6.45) is 2.45. The van der Waals surface area contributed by atoms with Crippen LogP contribution in [-0.2, 0) is 36.5 Å². The Balaban J connectivity index is 1.12. The van der Waals surface area contributed by atoms with Gasteiger partial charge in [-0.2, -0.15) is 0 Å². The molecule has 3 nitrogen and oxygen atoms in total. The summed E-state index contributed by atoms with van der Waals surface area (Å²) in [7, 11) is 0. The first-order valence-corrected chi connectivity index (χ1v) is 20.6. The quantitative estimate of drug-likeness (QED) is 0.158. The van der Waals surface area contributed by atoms with E-state index >= 15 is 0 Å². The van der Waals surface area contributed by atoms with E-state index in [4.69, 9.17) is 0 Å². The topological polar surface area (TPSA) is 60.7 Å². The Labute approximate surface area is 343 Å². The van der Waals surface area contributed by atoms with Crippen molar-refractivity contribution < 1.29 is 15.3 Å². The van der Waals surface area contributed by atoms with Crippen molar-refractivity contribution in [1.82, 2.24) is 0 Å². The molecule has 0 bridgehead atoms. The molecule has 0 aliphatic heterocycles. The van der Waals surface area contributed by atoms with Crippen LogP contribution in [-0.4, -0.2) is 15.3 Å². The zero-order valence-corrected chi connectivity index (χ0v) is 34.7. The fourth-order valence-corrected chi connectivity index (χ4v) is 9.58. The molecular formula is C55H52O3. The van der Waals surface area contributed by atoms with E-state index in [-0.39, 0.29) is 28.1 Å². The Morgan fingerprint density at radius 1 is 0.414 bits per heavy atom. The predicted molar refractivity (Wildman–Crippen MR) is 239 cm³/mol. The van der Waals surface area contributed by atoms with Gasteiger partial charge in [0.2, 0.25) is 0 Å². The second-order valence-electron chi connectivity index (χ2n) is 18.7. The molecule has 290 valence electrons. The number of aromatic hydroxyl groups is 3. The molecule has 2 aliphatic carbocycles.